The first-order chi connectivity index (χ1) is 11.7. The monoisotopic (exact) mass is 327 g/mol. The van der Waals surface area contributed by atoms with Crippen LogP contribution in [0.4, 0.5) is 0 Å². The molecule has 3 heterocycles. The van der Waals surface area contributed by atoms with Gasteiger partial charge < -0.3 is 4.90 Å². The second-order valence-electron chi connectivity index (χ2n) is 7.09. The summed E-state index contributed by atoms with van der Waals surface area (Å²) in [7, 11) is 0. The van der Waals surface area contributed by atoms with Crippen LogP contribution < -0.4 is 0 Å². The minimum absolute atomic E-state index is 0.625. The molecule has 1 aliphatic heterocycles. The maximum absolute atomic E-state index is 4.68. The third-order valence-electron chi connectivity index (χ3n) is 4.93. The van der Waals surface area contributed by atoms with Crippen LogP contribution in [0.15, 0.2) is 24.7 Å². The molecule has 2 aromatic rings. The Balaban J connectivity index is 1.80. The minimum atomic E-state index is 0.625. The molecular formula is C19H29N5. The Morgan fingerprint density at radius 3 is 2.83 bits per heavy atom. The van der Waals surface area contributed by atoms with Gasteiger partial charge in [-0.05, 0) is 58.1 Å². The summed E-state index contributed by atoms with van der Waals surface area (Å²) < 4.78 is 2.05. The molecule has 0 amide bonds. The number of piperidine rings is 1. The van der Waals surface area contributed by atoms with Gasteiger partial charge in [-0.1, -0.05) is 6.92 Å². The summed E-state index contributed by atoms with van der Waals surface area (Å²) in [6.07, 6.45) is 10.1. The molecule has 0 spiro atoms. The first kappa shape index (κ1) is 17.1. The summed E-state index contributed by atoms with van der Waals surface area (Å²) >= 11 is 0. The zero-order valence-electron chi connectivity index (χ0n) is 15.1. The van der Waals surface area contributed by atoms with Crippen LogP contribution in [0.5, 0.6) is 0 Å². The standard InChI is InChI=1S/C19H29N5/c1-4-11-24-18(7-8-22-24)19-17(20-9-10-21-19)13-16-6-5-12-23(14-16)15(2)3/h7-10,15-16H,4-6,11-14H2,1-3H3/t16-/m1/s1. The number of hydrogen-bond donors (Lipinski definition) is 0. The summed E-state index contributed by atoms with van der Waals surface area (Å²) in [5, 5.41) is 4.45. The highest BCUT2D eigenvalue weighted by molar-refractivity contribution is 5.57. The summed E-state index contributed by atoms with van der Waals surface area (Å²) in [6, 6.07) is 2.69. The summed E-state index contributed by atoms with van der Waals surface area (Å²) in [5.41, 5.74) is 3.22. The van der Waals surface area contributed by atoms with Crippen molar-refractivity contribution in [3.63, 3.8) is 0 Å². The first-order valence-corrected chi connectivity index (χ1v) is 9.25. The Morgan fingerprint density at radius 1 is 1.21 bits per heavy atom. The largest absolute Gasteiger partial charge is 0.301 e. The summed E-state index contributed by atoms with van der Waals surface area (Å²) in [5.74, 6) is 0.666. The van der Waals surface area contributed by atoms with Crippen LogP contribution in [0.25, 0.3) is 11.4 Å². The number of nitrogens with zero attached hydrogens (tertiary/aromatic N) is 5. The van der Waals surface area contributed by atoms with Gasteiger partial charge >= 0.3 is 0 Å². The smallest absolute Gasteiger partial charge is 0.110 e. The van der Waals surface area contributed by atoms with Crippen LogP contribution in [0, 0.1) is 5.92 Å². The molecule has 24 heavy (non-hydrogen) atoms. The van der Waals surface area contributed by atoms with E-state index in [2.05, 4.69) is 51.5 Å². The highest BCUT2D eigenvalue weighted by Crippen LogP contribution is 2.26. The fourth-order valence-electron chi connectivity index (χ4n) is 3.66. The van der Waals surface area contributed by atoms with E-state index < -0.39 is 0 Å². The topological polar surface area (TPSA) is 46.8 Å². The molecule has 0 aliphatic carbocycles. The number of likely N-dealkylation sites (tertiary alicyclic amines) is 1. The Bertz CT molecular complexity index is 649. The van der Waals surface area contributed by atoms with Gasteiger partial charge in [-0.2, -0.15) is 5.10 Å². The van der Waals surface area contributed by atoms with E-state index in [0.29, 0.717) is 12.0 Å². The lowest BCUT2D eigenvalue weighted by atomic mass is 9.91. The van der Waals surface area contributed by atoms with Gasteiger partial charge in [0.2, 0.25) is 0 Å². The van der Waals surface area contributed by atoms with E-state index in [1.807, 2.05) is 12.4 Å². The molecule has 1 aliphatic rings. The quantitative estimate of drug-likeness (QED) is 0.816. The lowest BCUT2D eigenvalue weighted by Crippen LogP contribution is -2.40. The lowest BCUT2D eigenvalue weighted by Gasteiger charge is -2.35. The molecular weight excluding hydrogens is 298 g/mol. The van der Waals surface area contributed by atoms with Gasteiger partial charge in [-0.15, -0.1) is 0 Å². The Kier molecular flexibility index (Phi) is 5.61. The van der Waals surface area contributed by atoms with Crippen molar-refractivity contribution < 1.29 is 0 Å². The molecule has 5 heteroatoms. The van der Waals surface area contributed by atoms with Gasteiger partial charge in [0.25, 0.3) is 0 Å². The highest BCUT2D eigenvalue weighted by atomic mass is 15.3. The molecule has 0 saturated carbocycles. The van der Waals surface area contributed by atoms with E-state index in [0.717, 1.165) is 36.5 Å². The van der Waals surface area contributed by atoms with Gasteiger partial charge in [-0.25, -0.2) is 0 Å². The van der Waals surface area contributed by atoms with Crippen molar-refractivity contribution in [3.05, 3.63) is 30.4 Å². The second kappa shape index (κ2) is 7.88. The lowest BCUT2D eigenvalue weighted by molar-refractivity contribution is 0.139. The van der Waals surface area contributed by atoms with Crippen molar-refractivity contribution in [1.29, 1.82) is 0 Å². The fourth-order valence-corrected chi connectivity index (χ4v) is 3.66. The molecule has 130 valence electrons. The molecule has 5 nitrogen and oxygen atoms in total. The van der Waals surface area contributed by atoms with Crippen LogP contribution in [0.1, 0.15) is 45.7 Å². The zero-order chi connectivity index (χ0) is 16.9. The van der Waals surface area contributed by atoms with Gasteiger partial charge in [0.15, 0.2) is 0 Å². The maximum atomic E-state index is 4.68. The number of rotatable bonds is 6. The van der Waals surface area contributed by atoms with E-state index in [4.69, 9.17) is 0 Å². The maximum Gasteiger partial charge on any atom is 0.110 e. The van der Waals surface area contributed by atoms with Crippen molar-refractivity contribution in [2.75, 3.05) is 13.1 Å². The van der Waals surface area contributed by atoms with Crippen molar-refractivity contribution in [2.45, 2.75) is 59.0 Å². The normalized spacial score (nSPS) is 19.1. The van der Waals surface area contributed by atoms with Crippen LogP contribution >= 0.6 is 0 Å². The Labute approximate surface area is 145 Å². The first-order valence-electron chi connectivity index (χ1n) is 9.25. The Morgan fingerprint density at radius 2 is 2.04 bits per heavy atom. The molecule has 1 fully saturated rings. The molecule has 0 N–H and O–H groups in total. The van der Waals surface area contributed by atoms with Gasteiger partial charge in [-0.3, -0.25) is 14.6 Å². The second-order valence-corrected chi connectivity index (χ2v) is 7.09. The average molecular weight is 327 g/mol. The third-order valence-corrected chi connectivity index (χ3v) is 4.93. The SMILES string of the molecule is CCCn1nccc1-c1nccnc1C[C@H]1CCCN(C(C)C)C1. The number of aromatic nitrogens is 4. The van der Waals surface area contributed by atoms with E-state index in [-0.39, 0.29) is 0 Å². The molecule has 3 rings (SSSR count). The van der Waals surface area contributed by atoms with Crippen molar-refractivity contribution in [2.24, 2.45) is 5.92 Å². The number of hydrogen-bond acceptors (Lipinski definition) is 4. The number of aryl methyl sites for hydroxylation is 1. The van der Waals surface area contributed by atoms with Crippen LogP contribution in [0.3, 0.4) is 0 Å². The zero-order valence-corrected chi connectivity index (χ0v) is 15.1. The van der Waals surface area contributed by atoms with Crippen LogP contribution in [-0.4, -0.2) is 43.8 Å². The van der Waals surface area contributed by atoms with Crippen LogP contribution in [-0.2, 0) is 13.0 Å². The summed E-state index contributed by atoms with van der Waals surface area (Å²) in [6.45, 7) is 10.1. The van der Waals surface area contributed by atoms with Crippen molar-refractivity contribution in [1.82, 2.24) is 24.6 Å². The average Bonchev–Trinajstić information content (AvgIpc) is 3.04. The third kappa shape index (κ3) is 3.83. The van der Waals surface area contributed by atoms with E-state index in [1.54, 1.807) is 6.20 Å². The van der Waals surface area contributed by atoms with Gasteiger partial charge in [0.1, 0.15) is 5.69 Å². The van der Waals surface area contributed by atoms with E-state index in [1.165, 1.54) is 25.9 Å². The predicted molar refractivity (Wildman–Crippen MR) is 96.7 cm³/mol. The van der Waals surface area contributed by atoms with Crippen molar-refractivity contribution in [3.8, 4) is 11.4 Å². The molecule has 1 atom stereocenters. The Hall–Kier alpha value is -1.75. The van der Waals surface area contributed by atoms with Gasteiger partial charge in [0.05, 0.1) is 11.4 Å². The molecule has 0 unspecified atom stereocenters. The predicted octanol–water partition coefficient (Wildman–Crippen LogP) is 3.41. The van der Waals surface area contributed by atoms with E-state index >= 15 is 0 Å². The highest BCUT2D eigenvalue weighted by Gasteiger charge is 2.24. The molecule has 1 saturated heterocycles. The molecule has 0 aromatic carbocycles. The van der Waals surface area contributed by atoms with Gasteiger partial charge in [0, 0.05) is 37.7 Å². The summed E-state index contributed by atoms with van der Waals surface area (Å²) in [4.78, 5) is 11.9. The molecule has 0 bridgehead atoms. The van der Waals surface area contributed by atoms with E-state index in [9.17, 15) is 0 Å². The van der Waals surface area contributed by atoms with Crippen LogP contribution in [0.2, 0.25) is 0 Å². The fraction of sp³-hybridized carbons (Fsp3) is 0.632. The minimum Gasteiger partial charge on any atom is -0.301 e. The molecule has 2 aromatic heterocycles. The van der Waals surface area contributed by atoms with Crippen molar-refractivity contribution >= 4 is 0 Å². The molecule has 0 radical (unpaired) electrons.